The van der Waals surface area contributed by atoms with Crippen LogP contribution in [0, 0.1) is 5.41 Å². The molecule has 1 rings (SSSR count). The Morgan fingerprint density at radius 3 is 1.85 bits per heavy atom. The van der Waals surface area contributed by atoms with Gasteiger partial charge in [-0.25, -0.2) is 0 Å². The minimum Gasteiger partial charge on any atom is -0.392 e. The summed E-state index contributed by atoms with van der Waals surface area (Å²) in [4.78, 5) is 0. The van der Waals surface area contributed by atoms with E-state index in [0.717, 1.165) is 13.0 Å². The van der Waals surface area contributed by atoms with Crippen LogP contribution >= 0.6 is 0 Å². The topological polar surface area (TPSA) is 32.3 Å². The summed E-state index contributed by atoms with van der Waals surface area (Å²) in [5, 5.41) is 13.3. The fraction of sp³-hybridized carbons (Fsp3) is 1.00. The SMILES string of the molecule is CCCCCCCCCCCCNC1CC(O)C1(C)C. The Kier molecular flexibility index (Phi) is 8.79. The number of unbranched alkanes of at least 4 members (excludes halogenated alkanes) is 9. The molecule has 0 amide bonds. The lowest BCUT2D eigenvalue weighted by Gasteiger charge is -2.49. The summed E-state index contributed by atoms with van der Waals surface area (Å²) in [6.45, 7) is 7.73. The molecule has 20 heavy (non-hydrogen) atoms. The van der Waals surface area contributed by atoms with Gasteiger partial charge in [0.2, 0.25) is 0 Å². The van der Waals surface area contributed by atoms with Crippen LogP contribution in [0.4, 0.5) is 0 Å². The van der Waals surface area contributed by atoms with E-state index in [1.165, 1.54) is 64.2 Å². The average Bonchev–Trinajstić information content (AvgIpc) is 2.43. The van der Waals surface area contributed by atoms with Gasteiger partial charge in [-0.15, -0.1) is 0 Å². The van der Waals surface area contributed by atoms with Crippen molar-refractivity contribution in [3.8, 4) is 0 Å². The quantitative estimate of drug-likeness (QED) is 0.511. The highest BCUT2D eigenvalue weighted by Gasteiger charge is 2.46. The van der Waals surface area contributed by atoms with Gasteiger partial charge in [-0.05, 0) is 19.4 Å². The normalized spacial score (nSPS) is 24.6. The zero-order valence-electron chi connectivity index (χ0n) is 14.1. The zero-order valence-corrected chi connectivity index (χ0v) is 14.1. The summed E-state index contributed by atoms with van der Waals surface area (Å²) in [6.07, 6.45) is 14.8. The summed E-state index contributed by atoms with van der Waals surface area (Å²) in [6, 6.07) is 0.524. The Labute approximate surface area is 126 Å². The molecule has 2 nitrogen and oxygen atoms in total. The molecule has 0 aliphatic heterocycles. The van der Waals surface area contributed by atoms with Gasteiger partial charge in [0.05, 0.1) is 6.10 Å². The molecule has 0 aromatic heterocycles. The predicted octanol–water partition coefficient (Wildman–Crippen LogP) is 4.66. The van der Waals surface area contributed by atoms with Crippen LogP contribution in [0.5, 0.6) is 0 Å². The first-order chi connectivity index (χ1) is 9.59. The van der Waals surface area contributed by atoms with Crippen molar-refractivity contribution in [2.45, 2.75) is 104 Å². The van der Waals surface area contributed by atoms with Gasteiger partial charge < -0.3 is 10.4 Å². The lowest BCUT2D eigenvalue weighted by molar-refractivity contribution is -0.0722. The van der Waals surface area contributed by atoms with Gasteiger partial charge in [-0.1, -0.05) is 78.6 Å². The maximum absolute atomic E-state index is 9.68. The second-order valence-corrected chi connectivity index (χ2v) is 7.26. The molecule has 1 saturated carbocycles. The van der Waals surface area contributed by atoms with Crippen molar-refractivity contribution in [1.29, 1.82) is 0 Å². The van der Waals surface area contributed by atoms with E-state index in [9.17, 15) is 5.11 Å². The van der Waals surface area contributed by atoms with E-state index in [1.54, 1.807) is 0 Å². The van der Waals surface area contributed by atoms with Crippen molar-refractivity contribution in [2.75, 3.05) is 6.54 Å². The number of aliphatic hydroxyl groups is 1. The van der Waals surface area contributed by atoms with Gasteiger partial charge >= 0.3 is 0 Å². The molecule has 0 radical (unpaired) electrons. The second-order valence-electron chi connectivity index (χ2n) is 7.26. The minimum atomic E-state index is -0.104. The van der Waals surface area contributed by atoms with Crippen molar-refractivity contribution >= 4 is 0 Å². The Morgan fingerprint density at radius 1 is 0.900 bits per heavy atom. The lowest BCUT2D eigenvalue weighted by Crippen LogP contribution is -2.60. The number of rotatable bonds is 12. The molecule has 2 unspecified atom stereocenters. The molecule has 1 fully saturated rings. The van der Waals surface area contributed by atoms with E-state index in [0.29, 0.717) is 6.04 Å². The number of aliphatic hydroxyl groups excluding tert-OH is 1. The highest BCUT2D eigenvalue weighted by Crippen LogP contribution is 2.40. The fourth-order valence-corrected chi connectivity index (χ4v) is 3.14. The maximum Gasteiger partial charge on any atom is 0.0621 e. The molecule has 0 aromatic rings. The third-order valence-electron chi connectivity index (χ3n) is 5.14. The molecule has 2 N–H and O–H groups in total. The molecule has 0 bridgehead atoms. The average molecular weight is 284 g/mol. The van der Waals surface area contributed by atoms with Crippen molar-refractivity contribution < 1.29 is 5.11 Å². The Hall–Kier alpha value is -0.0800. The van der Waals surface area contributed by atoms with Crippen LogP contribution in [0.25, 0.3) is 0 Å². The lowest BCUT2D eigenvalue weighted by atomic mass is 9.64. The van der Waals surface area contributed by atoms with Gasteiger partial charge in [-0.3, -0.25) is 0 Å². The van der Waals surface area contributed by atoms with Gasteiger partial charge in [0.15, 0.2) is 0 Å². The van der Waals surface area contributed by atoms with E-state index in [1.807, 2.05) is 0 Å². The molecule has 120 valence electrons. The molecular weight excluding hydrogens is 246 g/mol. The van der Waals surface area contributed by atoms with Crippen molar-refractivity contribution in [2.24, 2.45) is 5.41 Å². The summed E-state index contributed by atoms with van der Waals surface area (Å²) in [5.41, 5.74) is 0.0818. The summed E-state index contributed by atoms with van der Waals surface area (Å²) < 4.78 is 0. The van der Waals surface area contributed by atoms with Crippen LogP contribution in [0.15, 0.2) is 0 Å². The maximum atomic E-state index is 9.68. The predicted molar refractivity (Wildman–Crippen MR) is 88.0 cm³/mol. The van der Waals surface area contributed by atoms with E-state index in [2.05, 4.69) is 26.1 Å². The first kappa shape index (κ1) is 18.0. The molecule has 2 heteroatoms. The minimum absolute atomic E-state index is 0.0818. The van der Waals surface area contributed by atoms with Gasteiger partial charge in [0, 0.05) is 11.5 Å². The van der Waals surface area contributed by atoms with Gasteiger partial charge in [0.1, 0.15) is 0 Å². The molecular formula is C18H37NO. The number of hydrogen-bond acceptors (Lipinski definition) is 2. The summed E-state index contributed by atoms with van der Waals surface area (Å²) in [5.74, 6) is 0. The molecule has 1 aliphatic rings. The first-order valence-electron chi connectivity index (χ1n) is 9.00. The summed E-state index contributed by atoms with van der Waals surface area (Å²) >= 11 is 0. The number of nitrogens with one attached hydrogen (secondary N) is 1. The second kappa shape index (κ2) is 9.78. The first-order valence-corrected chi connectivity index (χ1v) is 9.00. The van der Waals surface area contributed by atoms with Crippen LogP contribution < -0.4 is 5.32 Å². The van der Waals surface area contributed by atoms with E-state index in [4.69, 9.17) is 0 Å². The fourth-order valence-electron chi connectivity index (χ4n) is 3.14. The Morgan fingerprint density at radius 2 is 1.40 bits per heavy atom. The molecule has 1 aliphatic carbocycles. The highest BCUT2D eigenvalue weighted by molar-refractivity contribution is 5.01. The number of hydrogen-bond donors (Lipinski definition) is 2. The highest BCUT2D eigenvalue weighted by atomic mass is 16.3. The summed E-state index contributed by atoms with van der Waals surface area (Å²) in [7, 11) is 0. The van der Waals surface area contributed by atoms with Crippen LogP contribution in [-0.4, -0.2) is 23.8 Å². The molecule has 0 aromatic carbocycles. The van der Waals surface area contributed by atoms with Gasteiger partial charge in [0.25, 0.3) is 0 Å². The smallest absolute Gasteiger partial charge is 0.0621 e. The van der Waals surface area contributed by atoms with Crippen LogP contribution in [0.2, 0.25) is 0 Å². The zero-order chi connectivity index (χ0) is 14.8. The van der Waals surface area contributed by atoms with E-state index >= 15 is 0 Å². The van der Waals surface area contributed by atoms with Crippen molar-refractivity contribution in [3.05, 3.63) is 0 Å². The molecule has 0 spiro atoms. The van der Waals surface area contributed by atoms with Crippen LogP contribution in [0.1, 0.15) is 91.4 Å². The van der Waals surface area contributed by atoms with Crippen LogP contribution in [0.3, 0.4) is 0 Å². The Balaban J connectivity index is 1.79. The van der Waals surface area contributed by atoms with Crippen molar-refractivity contribution in [1.82, 2.24) is 5.32 Å². The van der Waals surface area contributed by atoms with E-state index in [-0.39, 0.29) is 11.5 Å². The van der Waals surface area contributed by atoms with E-state index < -0.39 is 0 Å². The largest absolute Gasteiger partial charge is 0.392 e. The third kappa shape index (κ3) is 6.13. The van der Waals surface area contributed by atoms with Gasteiger partial charge in [-0.2, -0.15) is 0 Å². The standard InChI is InChI=1S/C18H37NO/c1-4-5-6-7-8-9-10-11-12-13-14-19-16-15-17(20)18(16,2)3/h16-17,19-20H,4-15H2,1-3H3. The molecule has 0 saturated heterocycles. The van der Waals surface area contributed by atoms with Crippen LogP contribution in [-0.2, 0) is 0 Å². The molecule has 0 heterocycles. The monoisotopic (exact) mass is 283 g/mol. The third-order valence-corrected chi connectivity index (χ3v) is 5.14. The molecule has 2 atom stereocenters. The van der Waals surface area contributed by atoms with Crippen molar-refractivity contribution in [3.63, 3.8) is 0 Å². The Bertz CT molecular complexity index is 240.